The number of aliphatic hydroxyl groups excluding tert-OH is 1. The molecular formula is C17H22N2O2S. The number of carbonyl (C=O) groups is 1. The van der Waals surface area contributed by atoms with Crippen molar-refractivity contribution >= 4 is 27.3 Å². The summed E-state index contributed by atoms with van der Waals surface area (Å²) in [7, 11) is 0. The molecule has 1 N–H and O–H groups in total. The van der Waals surface area contributed by atoms with Crippen LogP contribution in [0.25, 0.3) is 10.1 Å². The Kier molecular flexibility index (Phi) is 4.76. The monoisotopic (exact) mass is 318 g/mol. The summed E-state index contributed by atoms with van der Waals surface area (Å²) in [6.07, 6.45) is 0.945. The van der Waals surface area contributed by atoms with E-state index in [-0.39, 0.29) is 18.6 Å². The Balaban J connectivity index is 1.67. The maximum Gasteiger partial charge on any atom is 0.264 e. The highest BCUT2D eigenvalue weighted by Gasteiger charge is 2.26. The van der Waals surface area contributed by atoms with Gasteiger partial charge in [-0.3, -0.25) is 9.69 Å². The third kappa shape index (κ3) is 3.02. The maximum absolute atomic E-state index is 12.7. The topological polar surface area (TPSA) is 43.8 Å². The molecule has 1 aromatic heterocycles. The van der Waals surface area contributed by atoms with Crippen molar-refractivity contribution < 1.29 is 9.90 Å². The van der Waals surface area contributed by atoms with Crippen LogP contribution >= 0.6 is 11.3 Å². The van der Waals surface area contributed by atoms with Gasteiger partial charge in [0, 0.05) is 36.9 Å². The highest BCUT2D eigenvalue weighted by atomic mass is 32.1. The standard InChI is InChI=1S/C17H22N2O2S/c1-2-14(12-20)18-7-9-19(10-8-18)17(21)16-11-13-5-3-4-6-15(13)22-16/h3-6,11,14,20H,2,7-10,12H2,1H3. The largest absolute Gasteiger partial charge is 0.395 e. The maximum atomic E-state index is 12.7. The summed E-state index contributed by atoms with van der Waals surface area (Å²) in [6.45, 7) is 5.45. The van der Waals surface area contributed by atoms with Crippen LogP contribution in [-0.4, -0.2) is 59.6 Å². The fraction of sp³-hybridized carbons (Fsp3) is 0.471. The van der Waals surface area contributed by atoms with Crippen LogP contribution in [0.15, 0.2) is 30.3 Å². The zero-order valence-electron chi connectivity index (χ0n) is 12.9. The van der Waals surface area contributed by atoms with Gasteiger partial charge in [-0.2, -0.15) is 0 Å². The molecule has 1 saturated heterocycles. The van der Waals surface area contributed by atoms with Crippen LogP contribution in [0.4, 0.5) is 0 Å². The van der Waals surface area contributed by atoms with E-state index >= 15 is 0 Å². The molecule has 22 heavy (non-hydrogen) atoms. The minimum Gasteiger partial charge on any atom is -0.395 e. The average molecular weight is 318 g/mol. The van der Waals surface area contributed by atoms with E-state index in [0.29, 0.717) is 0 Å². The molecule has 5 heteroatoms. The molecule has 1 atom stereocenters. The lowest BCUT2D eigenvalue weighted by Crippen LogP contribution is -2.52. The summed E-state index contributed by atoms with van der Waals surface area (Å²) in [4.78, 5) is 17.7. The number of fused-ring (bicyclic) bond motifs is 1. The Hall–Kier alpha value is -1.43. The molecule has 3 rings (SSSR count). The van der Waals surface area contributed by atoms with E-state index < -0.39 is 0 Å². The molecule has 1 fully saturated rings. The molecule has 4 nitrogen and oxygen atoms in total. The third-order valence-electron chi connectivity index (χ3n) is 4.44. The second kappa shape index (κ2) is 6.77. The first-order chi connectivity index (χ1) is 10.7. The van der Waals surface area contributed by atoms with Crippen molar-refractivity contribution in [2.75, 3.05) is 32.8 Å². The highest BCUT2D eigenvalue weighted by molar-refractivity contribution is 7.20. The quantitative estimate of drug-likeness (QED) is 0.941. The van der Waals surface area contributed by atoms with Crippen LogP contribution in [0, 0.1) is 0 Å². The van der Waals surface area contributed by atoms with E-state index in [1.54, 1.807) is 11.3 Å². The number of amides is 1. The lowest BCUT2D eigenvalue weighted by molar-refractivity contribution is 0.0476. The van der Waals surface area contributed by atoms with Crippen molar-refractivity contribution in [2.45, 2.75) is 19.4 Å². The van der Waals surface area contributed by atoms with E-state index in [9.17, 15) is 9.90 Å². The van der Waals surface area contributed by atoms with E-state index in [1.807, 2.05) is 29.2 Å². The average Bonchev–Trinajstić information content (AvgIpc) is 3.00. The summed E-state index contributed by atoms with van der Waals surface area (Å²) < 4.78 is 1.16. The van der Waals surface area contributed by atoms with E-state index in [0.717, 1.165) is 47.6 Å². The van der Waals surface area contributed by atoms with E-state index in [1.165, 1.54) is 0 Å². The summed E-state index contributed by atoms with van der Waals surface area (Å²) >= 11 is 1.57. The molecule has 0 bridgehead atoms. The number of hydrogen-bond donors (Lipinski definition) is 1. The number of nitrogens with zero attached hydrogens (tertiary/aromatic N) is 2. The molecule has 0 saturated carbocycles. The first-order valence-electron chi connectivity index (χ1n) is 7.85. The number of benzene rings is 1. The smallest absolute Gasteiger partial charge is 0.264 e. The van der Waals surface area contributed by atoms with Gasteiger partial charge in [0.05, 0.1) is 11.5 Å². The Morgan fingerprint density at radius 1 is 1.27 bits per heavy atom. The van der Waals surface area contributed by atoms with Gasteiger partial charge in [-0.1, -0.05) is 25.1 Å². The molecule has 0 radical (unpaired) electrons. The second-order valence-corrected chi connectivity index (χ2v) is 6.81. The summed E-state index contributed by atoms with van der Waals surface area (Å²) in [5.41, 5.74) is 0. The van der Waals surface area contributed by atoms with E-state index in [2.05, 4.69) is 17.9 Å². The predicted molar refractivity (Wildman–Crippen MR) is 90.5 cm³/mol. The molecule has 2 aromatic rings. The molecule has 2 heterocycles. The van der Waals surface area contributed by atoms with Crippen LogP contribution in [0.1, 0.15) is 23.0 Å². The van der Waals surface area contributed by atoms with Crippen molar-refractivity contribution in [3.8, 4) is 0 Å². The molecule has 1 aromatic carbocycles. The van der Waals surface area contributed by atoms with Gasteiger partial charge in [-0.05, 0) is 23.9 Å². The Labute approximate surface area is 135 Å². The Bertz CT molecular complexity index is 610. The molecule has 1 aliphatic rings. The van der Waals surface area contributed by atoms with Gasteiger partial charge in [0.2, 0.25) is 0 Å². The zero-order valence-corrected chi connectivity index (χ0v) is 13.7. The van der Waals surface area contributed by atoms with Crippen LogP contribution in [0.3, 0.4) is 0 Å². The van der Waals surface area contributed by atoms with Crippen molar-refractivity contribution in [2.24, 2.45) is 0 Å². The molecule has 1 unspecified atom stereocenters. The van der Waals surface area contributed by atoms with Crippen molar-refractivity contribution in [1.82, 2.24) is 9.80 Å². The zero-order chi connectivity index (χ0) is 15.5. The SMILES string of the molecule is CCC(CO)N1CCN(C(=O)c2cc3ccccc3s2)CC1. The van der Waals surface area contributed by atoms with Crippen LogP contribution in [-0.2, 0) is 0 Å². The summed E-state index contributed by atoms with van der Waals surface area (Å²) in [6, 6.07) is 10.3. The van der Waals surface area contributed by atoms with Gasteiger partial charge in [0.15, 0.2) is 0 Å². The number of rotatable bonds is 4. The predicted octanol–water partition coefficient (Wildman–Crippen LogP) is 2.43. The number of carbonyl (C=O) groups excluding carboxylic acids is 1. The fourth-order valence-electron chi connectivity index (χ4n) is 3.04. The van der Waals surface area contributed by atoms with Gasteiger partial charge in [0.25, 0.3) is 5.91 Å². The molecule has 118 valence electrons. The van der Waals surface area contributed by atoms with Crippen molar-refractivity contribution in [3.63, 3.8) is 0 Å². The minimum atomic E-state index is 0.137. The van der Waals surface area contributed by atoms with Crippen molar-refractivity contribution in [1.29, 1.82) is 0 Å². The van der Waals surface area contributed by atoms with Gasteiger partial charge >= 0.3 is 0 Å². The molecular weight excluding hydrogens is 296 g/mol. The lowest BCUT2D eigenvalue weighted by Gasteiger charge is -2.38. The molecule has 1 aliphatic heterocycles. The number of piperazine rings is 1. The van der Waals surface area contributed by atoms with E-state index in [4.69, 9.17) is 0 Å². The first-order valence-corrected chi connectivity index (χ1v) is 8.67. The Morgan fingerprint density at radius 3 is 2.64 bits per heavy atom. The Morgan fingerprint density at radius 2 is 2.00 bits per heavy atom. The number of aliphatic hydroxyl groups is 1. The van der Waals surface area contributed by atoms with Crippen molar-refractivity contribution in [3.05, 3.63) is 35.2 Å². The normalized spacial score (nSPS) is 17.8. The molecule has 1 amide bonds. The minimum absolute atomic E-state index is 0.137. The number of thiophene rings is 1. The van der Waals surface area contributed by atoms with Gasteiger partial charge in [0.1, 0.15) is 0 Å². The first kappa shape index (κ1) is 15.5. The summed E-state index contributed by atoms with van der Waals surface area (Å²) in [5, 5.41) is 10.5. The highest BCUT2D eigenvalue weighted by Crippen LogP contribution is 2.26. The fourth-order valence-corrected chi connectivity index (χ4v) is 4.07. The second-order valence-electron chi connectivity index (χ2n) is 5.72. The molecule has 0 spiro atoms. The van der Waals surface area contributed by atoms with Crippen LogP contribution < -0.4 is 0 Å². The van der Waals surface area contributed by atoms with Gasteiger partial charge in [-0.15, -0.1) is 11.3 Å². The third-order valence-corrected chi connectivity index (χ3v) is 5.54. The summed E-state index contributed by atoms with van der Waals surface area (Å²) in [5.74, 6) is 0.137. The van der Waals surface area contributed by atoms with Gasteiger partial charge in [-0.25, -0.2) is 0 Å². The molecule has 0 aliphatic carbocycles. The van der Waals surface area contributed by atoms with Crippen LogP contribution in [0.5, 0.6) is 0 Å². The lowest BCUT2D eigenvalue weighted by atomic mass is 10.1. The van der Waals surface area contributed by atoms with Gasteiger partial charge < -0.3 is 10.0 Å². The number of hydrogen-bond acceptors (Lipinski definition) is 4. The van der Waals surface area contributed by atoms with Crippen LogP contribution in [0.2, 0.25) is 0 Å².